The van der Waals surface area contributed by atoms with Gasteiger partial charge >= 0.3 is 5.97 Å². The highest BCUT2D eigenvalue weighted by Gasteiger charge is 2.58. The van der Waals surface area contributed by atoms with Crippen LogP contribution in [-0.4, -0.2) is 23.3 Å². The van der Waals surface area contributed by atoms with E-state index in [2.05, 4.69) is 33.4 Å². The molecule has 0 radical (unpaired) electrons. The predicted molar refractivity (Wildman–Crippen MR) is 130 cm³/mol. The quantitative estimate of drug-likeness (QED) is 0.286. The zero-order chi connectivity index (χ0) is 23.1. The molecule has 32 heavy (non-hydrogen) atoms. The van der Waals surface area contributed by atoms with Crippen molar-refractivity contribution in [1.82, 2.24) is 0 Å². The first kappa shape index (κ1) is 23.8. The minimum atomic E-state index is -0.443. The van der Waals surface area contributed by atoms with E-state index < -0.39 is 5.60 Å². The van der Waals surface area contributed by atoms with Gasteiger partial charge in [-0.05, 0) is 105 Å². The van der Waals surface area contributed by atoms with Gasteiger partial charge in [-0.1, -0.05) is 44.6 Å². The van der Waals surface area contributed by atoms with Crippen molar-refractivity contribution in [2.75, 3.05) is 6.61 Å². The van der Waals surface area contributed by atoms with Crippen LogP contribution in [0.2, 0.25) is 0 Å². The number of carbonyl (C=O) groups excluding carboxylic acids is 1. The number of hydrogen-bond donors (Lipinski definition) is 1. The Hall–Kier alpha value is -1.35. The molecule has 0 amide bonds. The smallest absolute Gasteiger partial charge is 0.330 e. The second-order valence-electron chi connectivity index (χ2n) is 11.7. The summed E-state index contributed by atoms with van der Waals surface area (Å²) in [7, 11) is 0. The molecule has 4 aliphatic rings. The summed E-state index contributed by atoms with van der Waals surface area (Å²) in [6.45, 7) is 13.5. The molecule has 0 aromatic heterocycles. The largest absolute Gasteiger partial charge is 0.463 e. The maximum atomic E-state index is 11.9. The van der Waals surface area contributed by atoms with E-state index in [9.17, 15) is 9.90 Å². The second kappa shape index (κ2) is 8.78. The Morgan fingerprint density at radius 2 is 2.03 bits per heavy atom. The lowest BCUT2D eigenvalue weighted by Gasteiger charge is -2.58. The molecule has 3 nitrogen and oxygen atoms in total. The highest BCUT2D eigenvalue weighted by atomic mass is 16.5. The van der Waals surface area contributed by atoms with Crippen LogP contribution >= 0.6 is 0 Å². The maximum Gasteiger partial charge on any atom is 0.330 e. The van der Waals surface area contributed by atoms with E-state index in [1.807, 2.05) is 19.1 Å². The molecule has 178 valence electrons. The van der Waals surface area contributed by atoms with Crippen LogP contribution in [0.15, 0.2) is 36.5 Å². The van der Waals surface area contributed by atoms with Gasteiger partial charge in [-0.15, -0.1) is 6.58 Å². The van der Waals surface area contributed by atoms with Gasteiger partial charge in [0, 0.05) is 6.08 Å². The van der Waals surface area contributed by atoms with Crippen molar-refractivity contribution in [3.63, 3.8) is 0 Å². The molecule has 0 heterocycles. The molecule has 3 saturated carbocycles. The Kier molecular flexibility index (Phi) is 6.53. The first-order chi connectivity index (χ1) is 15.2. The number of allylic oxidation sites excluding steroid dienone is 4. The van der Waals surface area contributed by atoms with E-state index in [0.717, 1.165) is 38.0 Å². The van der Waals surface area contributed by atoms with E-state index in [4.69, 9.17) is 4.74 Å². The van der Waals surface area contributed by atoms with Crippen molar-refractivity contribution in [3.8, 4) is 0 Å². The van der Waals surface area contributed by atoms with Crippen molar-refractivity contribution in [2.24, 2.45) is 40.4 Å². The van der Waals surface area contributed by atoms with Gasteiger partial charge in [-0.2, -0.15) is 0 Å². The normalized spacial score (nSPS) is 44.2. The van der Waals surface area contributed by atoms with Crippen LogP contribution in [0.4, 0.5) is 0 Å². The summed E-state index contributed by atoms with van der Waals surface area (Å²) >= 11 is 0. The Morgan fingerprint density at radius 1 is 1.25 bits per heavy atom. The van der Waals surface area contributed by atoms with Gasteiger partial charge in [0.1, 0.15) is 0 Å². The van der Waals surface area contributed by atoms with Gasteiger partial charge in [-0.3, -0.25) is 0 Å². The molecule has 3 heteroatoms. The number of esters is 1. The molecule has 3 fully saturated rings. The number of hydrogen-bond acceptors (Lipinski definition) is 3. The van der Waals surface area contributed by atoms with Gasteiger partial charge < -0.3 is 9.84 Å². The van der Waals surface area contributed by atoms with Crippen LogP contribution in [0.25, 0.3) is 0 Å². The van der Waals surface area contributed by atoms with E-state index in [1.165, 1.54) is 25.7 Å². The Bertz CT molecular complexity index is 796. The summed E-state index contributed by atoms with van der Waals surface area (Å²) in [5.74, 6) is 2.52. The van der Waals surface area contributed by atoms with Gasteiger partial charge in [-0.25, -0.2) is 4.79 Å². The monoisotopic (exact) mass is 440 g/mol. The summed E-state index contributed by atoms with van der Waals surface area (Å²) in [5, 5.41) is 11.0. The predicted octanol–water partition coefficient (Wildman–Crippen LogP) is 6.63. The van der Waals surface area contributed by atoms with E-state index in [-0.39, 0.29) is 22.7 Å². The van der Waals surface area contributed by atoms with Gasteiger partial charge in [0.2, 0.25) is 0 Å². The van der Waals surface area contributed by atoms with Crippen molar-refractivity contribution < 1.29 is 14.6 Å². The molecule has 0 aromatic carbocycles. The zero-order valence-electron chi connectivity index (χ0n) is 20.7. The SMILES string of the molecule is C=C[C@H](/C=C/C(=O)OCC)[C@H]1CC[C@H]2C3CC[C@H]4C[C@](O)(CC)CC[C@]4(C)C3=CC[C@]12C. The summed E-state index contributed by atoms with van der Waals surface area (Å²) in [6.07, 6.45) is 18.4. The Morgan fingerprint density at radius 3 is 2.72 bits per heavy atom. The first-order valence-corrected chi connectivity index (χ1v) is 13.1. The minimum Gasteiger partial charge on any atom is -0.463 e. The molecule has 4 rings (SSSR count). The molecule has 0 aliphatic heterocycles. The first-order valence-electron chi connectivity index (χ1n) is 13.1. The van der Waals surface area contributed by atoms with Gasteiger partial charge in [0.05, 0.1) is 12.2 Å². The molecule has 1 unspecified atom stereocenters. The second-order valence-corrected chi connectivity index (χ2v) is 11.7. The van der Waals surface area contributed by atoms with Gasteiger partial charge in [0.15, 0.2) is 0 Å². The van der Waals surface area contributed by atoms with E-state index in [1.54, 1.807) is 11.6 Å². The number of carbonyl (C=O) groups is 1. The minimum absolute atomic E-state index is 0.213. The van der Waals surface area contributed by atoms with Crippen LogP contribution in [-0.2, 0) is 9.53 Å². The highest BCUT2D eigenvalue weighted by molar-refractivity contribution is 5.81. The maximum absolute atomic E-state index is 11.9. The van der Waals surface area contributed by atoms with Crippen molar-refractivity contribution in [1.29, 1.82) is 0 Å². The molecule has 4 aliphatic carbocycles. The van der Waals surface area contributed by atoms with Crippen LogP contribution in [0.5, 0.6) is 0 Å². The molecule has 1 N–H and O–H groups in total. The summed E-state index contributed by atoms with van der Waals surface area (Å²) in [6, 6.07) is 0. The van der Waals surface area contributed by atoms with E-state index in [0.29, 0.717) is 24.4 Å². The number of rotatable bonds is 6. The van der Waals surface area contributed by atoms with Crippen molar-refractivity contribution >= 4 is 5.97 Å². The lowest BCUT2D eigenvalue weighted by atomic mass is 9.47. The average molecular weight is 441 g/mol. The lowest BCUT2D eigenvalue weighted by molar-refractivity contribution is -0.137. The molecular weight excluding hydrogens is 396 g/mol. The fourth-order valence-electron chi connectivity index (χ4n) is 8.34. The topological polar surface area (TPSA) is 46.5 Å². The molecule has 8 atom stereocenters. The molecular formula is C29H44O3. The number of fused-ring (bicyclic) bond motifs is 5. The molecule has 0 aromatic rings. The third kappa shape index (κ3) is 3.83. The number of ether oxygens (including phenoxy) is 1. The van der Waals surface area contributed by atoms with Crippen LogP contribution in [0.3, 0.4) is 0 Å². The fourth-order valence-corrected chi connectivity index (χ4v) is 8.34. The Balaban J connectivity index is 1.57. The molecule has 0 bridgehead atoms. The average Bonchev–Trinajstić information content (AvgIpc) is 3.12. The summed E-state index contributed by atoms with van der Waals surface area (Å²) in [5.41, 5.74) is 1.81. The molecule has 0 spiro atoms. The summed E-state index contributed by atoms with van der Waals surface area (Å²) < 4.78 is 5.10. The van der Waals surface area contributed by atoms with Crippen LogP contribution in [0.1, 0.15) is 85.5 Å². The molecule has 0 saturated heterocycles. The van der Waals surface area contributed by atoms with Gasteiger partial charge in [0.25, 0.3) is 0 Å². The zero-order valence-corrected chi connectivity index (χ0v) is 20.7. The Labute approximate surface area is 195 Å². The third-order valence-corrected chi connectivity index (χ3v) is 10.4. The van der Waals surface area contributed by atoms with Crippen molar-refractivity contribution in [2.45, 2.75) is 91.1 Å². The fraction of sp³-hybridized carbons (Fsp3) is 0.759. The highest BCUT2D eigenvalue weighted by Crippen LogP contribution is 2.67. The lowest BCUT2D eigenvalue weighted by Crippen LogP contribution is -2.51. The van der Waals surface area contributed by atoms with Crippen LogP contribution < -0.4 is 0 Å². The number of aliphatic hydroxyl groups is 1. The third-order valence-electron chi connectivity index (χ3n) is 10.4. The van der Waals surface area contributed by atoms with E-state index >= 15 is 0 Å². The van der Waals surface area contributed by atoms with Crippen molar-refractivity contribution in [3.05, 3.63) is 36.5 Å². The standard InChI is InChI=1S/C29H44O3/c1-6-20(9-14-26(30)32-8-3)23-12-13-24-22-11-10-21-19-29(31,7-2)18-17-27(21,4)25(22)15-16-28(23,24)5/h6,9,14-15,20-24,31H,1,7-8,10-13,16-19H2,2-5H3/b14-9+/t20-,21+,22?,23-,24+,27+,28-,29+/m1/s1. The summed E-state index contributed by atoms with van der Waals surface area (Å²) in [4.78, 5) is 11.9. The van der Waals surface area contributed by atoms with Crippen LogP contribution in [0, 0.1) is 40.4 Å².